The van der Waals surface area contributed by atoms with Crippen LogP contribution in [0.25, 0.3) is 11.3 Å². The number of para-hydroxylation sites is 1. The Bertz CT molecular complexity index is 828. The number of ether oxygens (including phenoxy) is 1. The molecule has 0 unspecified atom stereocenters. The molecular formula is C17H13FN2O3. The fourth-order valence-corrected chi connectivity index (χ4v) is 2.03. The van der Waals surface area contributed by atoms with Crippen molar-refractivity contribution in [2.24, 2.45) is 0 Å². The predicted octanol–water partition coefficient (Wildman–Crippen LogP) is 4.01. The standard InChI is InChI=1S/C17H13FN2O3/c1-22-16(21)12-8-6-11(7-9-12)15-10-19-17(23-15)20-14-5-3-2-4-13(14)18/h2-10H,1H3,(H,19,20). The van der Waals surface area contributed by atoms with E-state index in [9.17, 15) is 9.18 Å². The van der Waals surface area contributed by atoms with Crippen LogP contribution in [0, 0.1) is 5.82 Å². The van der Waals surface area contributed by atoms with Crippen molar-refractivity contribution >= 4 is 17.7 Å². The molecule has 0 saturated carbocycles. The Kier molecular flexibility index (Phi) is 4.05. The fourth-order valence-electron chi connectivity index (χ4n) is 2.03. The number of anilines is 2. The number of nitrogens with one attached hydrogen (secondary N) is 1. The number of methoxy groups -OCH3 is 1. The third-order valence-electron chi connectivity index (χ3n) is 3.21. The lowest BCUT2D eigenvalue weighted by Gasteiger charge is -2.02. The molecule has 0 aliphatic carbocycles. The number of carbonyl (C=O) groups excluding carboxylic acids is 1. The largest absolute Gasteiger partial charge is 0.465 e. The first-order valence-electron chi connectivity index (χ1n) is 6.83. The summed E-state index contributed by atoms with van der Waals surface area (Å²) in [6.07, 6.45) is 1.52. The van der Waals surface area contributed by atoms with Gasteiger partial charge in [-0.25, -0.2) is 14.2 Å². The van der Waals surface area contributed by atoms with Gasteiger partial charge in [-0.15, -0.1) is 0 Å². The predicted molar refractivity (Wildman–Crippen MR) is 83.0 cm³/mol. The van der Waals surface area contributed by atoms with Crippen LogP contribution in [0.1, 0.15) is 10.4 Å². The average molecular weight is 312 g/mol. The molecule has 5 nitrogen and oxygen atoms in total. The second kappa shape index (κ2) is 6.31. The van der Waals surface area contributed by atoms with Crippen molar-refractivity contribution in [3.05, 3.63) is 66.1 Å². The van der Waals surface area contributed by atoms with Crippen molar-refractivity contribution in [3.8, 4) is 11.3 Å². The van der Waals surface area contributed by atoms with Crippen molar-refractivity contribution in [1.29, 1.82) is 0 Å². The second-order valence-electron chi connectivity index (χ2n) is 4.70. The van der Waals surface area contributed by atoms with Gasteiger partial charge in [0.15, 0.2) is 5.76 Å². The monoisotopic (exact) mass is 312 g/mol. The van der Waals surface area contributed by atoms with E-state index >= 15 is 0 Å². The second-order valence-corrected chi connectivity index (χ2v) is 4.70. The number of benzene rings is 2. The van der Waals surface area contributed by atoms with E-state index in [1.807, 2.05) is 0 Å². The molecule has 0 aliphatic rings. The van der Waals surface area contributed by atoms with Crippen molar-refractivity contribution in [1.82, 2.24) is 4.98 Å². The van der Waals surface area contributed by atoms with Gasteiger partial charge < -0.3 is 14.5 Å². The summed E-state index contributed by atoms with van der Waals surface area (Å²) in [6, 6.07) is 13.1. The summed E-state index contributed by atoms with van der Waals surface area (Å²) in [7, 11) is 1.33. The molecule has 3 rings (SSSR count). The zero-order chi connectivity index (χ0) is 16.2. The molecule has 0 spiro atoms. The third kappa shape index (κ3) is 3.21. The van der Waals surface area contributed by atoms with E-state index in [-0.39, 0.29) is 11.7 Å². The number of halogens is 1. The van der Waals surface area contributed by atoms with Crippen molar-refractivity contribution < 1.29 is 18.3 Å². The summed E-state index contributed by atoms with van der Waals surface area (Å²) in [6.45, 7) is 0. The maximum atomic E-state index is 13.6. The number of oxazole rings is 1. The smallest absolute Gasteiger partial charge is 0.337 e. The van der Waals surface area contributed by atoms with Crippen LogP contribution in [0.3, 0.4) is 0 Å². The van der Waals surface area contributed by atoms with Crippen LogP contribution < -0.4 is 5.32 Å². The summed E-state index contributed by atoms with van der Waals surface area (Å²) < 4.78 is 23.8. The van der Waals surface area contributed by atoms with Gasteiger partial charge >= 0.3 is 5.97 Å². The van der Waals surface area contributed by atoms with E-state index < -0.39 is 11.8 Å². The van der Waals surface area contributed by atoms with E-state index in [1.54, 1.807) is 42.5 Å². The van der Waals surface area contributed by atoms with Gasteiger partial charge in [-0.3, -0.25) is 0 Å². The van der Waals surface area contributed by atoms with Crippen LogP contribution in [0.15, 0.2) is 59.1 Å². The number of esters is 1. The van der Waals surface area contributed by atoms with Crippen molar-refractivity contribution in [2.45, 2.75) is 0 Å². The Hall–Kier alpha value is -3.15. The third-order valence-corrected chi connectivity index (χ3v) is 3.21. The molecule has 3 aromatic rings. The Labute approximate surface area is 131 Å². The van der Waals surface area contributed by atoms with Crippen LogP contribution in [0.2, 0.25) is 0 Å². The number of hydrogen-bond acceptors (Lipinski definition) is 5. The summed E-state index contributed by atoms with van der Waals surface area (Å²) in [5, 5.41) is 2.77. The van der Waals surface area contributed by atoms with E-state index in [2.05, 4.69) is 15.0 Å². The topological polar surface area (TPSA) is 64.4 Å². The van der Waals surface area contributed by atoms with E-state index in [0.717, 1.165) is 5.56 Å². The molecule has 1 heterocycles. The summed E-state index contributed by atoms with van der Waals surface area (Å²) in [4.78, 5) is 15.5. The molecule has 2 aromatic carbocycles. The fraction of sp³-hybridized carbons (Fsp3) is 0.0588. The quantitative estimate of drug-likeness (QED) is 0.737. The highest BCUT2D eigenvalue weighted by atomic mass is 19.1. The van der Waals surface area contributed by atoms with Gasteiger partial charge in [0.05, 0.1) is 24.6 Å². The number of aromatic nitrogens is 1. The van der Waals surface area contributed by atoms with Gasteiger partial charge in [0.25, 0.3) is 6.01 Å². The summed E-state index contributed by atoms with van der Waals surface area (Å²) in [5.74, 6) is -0.300. The SMILES string of the molecule is COC(=O)c1ccc(-c2cnc(Nc3ccccc3F)o2)cc1. The zero-order valence-electron chi connectivity index (χ0n) is 12.2. The molecule has 1 aromatic heterocycles. The number of carbonyl (C=O) groups is 1. The van der Waals surface area contributed by atoms with Crippen LogP contribution >= 0.6 is 0 Å². The van der Waals surface area contributed by atoms with Gasteiger partial charge in [0.1, 0.15) is 5.82 Å². The number of rotatable bonds is 4. The average Bonchev–Trinajstić information content (AvgIpc) is 3.05. The van der Waals surface area contributed by atoms with Gasteiger partial charge in [0, 0.05) is 5.56 Å². The highest BCUT2D eigenvalue weighted by Crippen LogP contribution is 2.25. The van der Waals surface area contributed by atoms with Crippen LogP contribution in [-0.4, -0.2) is 18.1 Å². The van der Waals surface area contributed by atoms with Gasteiger partial charge in [-0.2, -0.15) is 0 Å². The maximum Gasteiger partial charge on any atom is 0.337 e. The molecule has 6 heteroatoms. The molecule has 0 saturated heterocycles. The summed E-state index contributed by atoms with van der Waals surface area (Å²) >= 11 is 0. The van der Waals surface area contributed by atoms with E-state index in [4.69, 9.17) is 4.42 Å². The first-order chi connectivity index (χ1) is 11.2. The summed E-state index contributed by atoms with van der Waals surface area (Å²) in [5.41, 5.74) is 1.47. The van der Waals surface area contributed by atoms with Gasteiger partial charge in [0.2, 0.25) is 0 Å². The van der Waals surface area contributed by atoms with Crippen molar-refractivity contribution in [3.63, 3.8) is 0 Å². The zero-order valence-corrected chi connectivity index (χ0v) is 12.2. The van der Waals surface area contributed by atoms with E-state index in [0.29, 0.717) is 11.3 Å². The molecule has 0 amide bonds. The lowest BCUT2D eigenvalue weighted by molar-refractivity contribution is 0.0600. The van der Waals surface area contributed by atoms with Gasteiger partial charge in [-0.1, -0.05) is 24.3 Å². The highest BCUT2D eigenvalue weighted by molar-refractivity contribution is 5.89. The molecule has 1 N–H and O–H groups in total. The number of hydrogen-bond donors (Lipinski definition) is 1. The molecule has 0 atom stereocenters. The minimum Gasteiger partial charge on any atom is -0.465 e. The van der Waals surface area contributed by atoms with Gasteiger partial charge in [-0.05, 0) is 24.3 Å². The molecule has 0 fully saturated rings. The molecule has 116 valence electrons. The van der Waals surface area contributed by atoms with Crippen LogP contribution in [0.5, 0.6) is 0 Å². The normalized spacial score (nSPS) is 10.3. The lowest BCUT2D eigenvalue weighted by Crippen LogP contribution is -2.00. The molecule has 0 aliphatic heterocycles. The Morgan fingerprint density at radius 2 is 1.91 bits per heavy atom. The molecular weight excluding hydrogens is 299 g/mol. The Morgan fingerprint density at radius 3 is 2.61 bits per heavy atom. The lowest BCUT2D eigenvalue weighted by atomic mass is 10.1. The number of nitrogens with zero attached hydrogens (tertiary/aromatic N) is 1. The first kappa shape index (κ1) is 14.8. The molecule has 23 heavy (non-hydrogen) atoms. The highest BCUT2D eigenvalue weighted by Gasteiger charge is 2.10. The first-order valence-corrected chi connectivity index (χ1v) is 6.83. The Balaban J connectivity index is 1.79. The minimum absolute atomic E-state index is 0.183. The van der Waals surface area contributed by atoms with E-state index in [1.165, 1.54) is 19.4 Å². The minimum atomic E-state index is -0.406. The van der Waals surface area contributed by atoms with Crippen molar-refractivity contribution in [2.75, 3.05) is 12.4 Å². The Morgan fingerprint density at radius 1 is 1.17 bits per heavy atom. The van der Waals surface area contributed by atoms with Crippen LogP contribution in [-0.2, 0) is 4.74 Å². The molecule has 0 radical (unpaired) electrons. The molecule has 0 bridgehead atoms. The van der Waals surface area contributed by atoms with Crippen LogP contribution in [0.4, 0.5) is 16.1 Å². The maximum absolute atomic E-state index is 13.6.